The van der Waals surface area contributed by atoms with E-state index in [2.05, 4.69) is 0 Å². The summed E-state index contributed by atoms with van der Waals surface area (Å²) in [6.45, 7) is 0. The molecule has 2 aromatic heterocycles. The molecule has 0 radical (unpaired) electrons. The van der Waals surface area contributed by atoms with E-state index in [0.717, 1.165) is 5.52 Å². The van der Waals surface area contributed by atoms with Crippen LogP contribution in [0.1, 0.15) is 32.0 Å². The van der Waals surface area contributed by atoms with Crippen molar-refractivity contribution in [2.24, 2.45) is 0 Å². The number of carbonyl (C=O) groups is 2. The topological polar surface area (TPSA) is 71.6 Å². The van der Waals surface area contributed by atoms with E-state index in [1.807, 2.05) is 6.07 Å². The fraction of sp³-hybridized carbons (Fsp3) is 0.0556. The molecule has 0 bridgehead atoms. The minimum absolute atomic E-state index is 0.184. The van der Waals surface area contributed by atoms with Gasteiger partial charge in [0.1, 0.15) is 0 Å². The van der Waals surface area contributed by atoms with E-state index in [4.69, 9.17) is 10.00 Å². The summed E-state index contributed by atoms with van der Waals surface area (Å²) in [6, 6.07) is 15.4. The summed E-state index contributed by atoms with van der Waals surface area (Å²) in [7, 11) is 1.31. The van der Waals surface area contributed by atoms with Gasteiger partial charge in [0.25, 0.3) is 0 Å². The molecule has 1 aromatic carbocycles. The maximum atomic E-state index is 12.7. The Kier molecular flexibility index (Phi) is 3.65. The first kappa shape index (κ1) is 14.5. The summed E-state index contributed by atoms with van der Waals surface area (Å²) in [5, 5.41) is 8.82. The Morgan fingerprint density at radius 3 is 2.30 bits per heavy atom. The molecule has 0 saturated heterocycles. The fourth-order valence-corrected chi connectivity index (χ4v) is 2.37. The number of aromatic nitrogens is 1. The van der Waals surface area contributed by atoms with Crippen LogP contribution >= 0.6 is 0 Å². The van der Waals surface area contributed by atoms with Gasteiger partial charge in [-0.1, -0.05) is 0 Å². The highest BCUT2D eigenvalue weighted by atomic mass is 16.5. The van der Waals surface area contributed by atoms with Crippen LogP contribution in [0.3, 0.4) is 0 Å². The normalized spacial score (nSPS) is 10.3. The van der Waals surface area contributed by atoms with Crippen molar-refractivity contribution in [1.82, 2.24) is 4.40 Å². The second-order valence-corrected chi connectivity index (χ2v) is 4.94. The summed E-state index contributed by atoms with van der Waals surface area (Å²) in [6.07, 6.45) is 1.58. The summed E-state index contributed by atoms with van der Waals surface area (Å²) in [5.41, 5.74) is 2.58. The van der Waals surface area contributed by atoms with Gasteiger partial charge < -0.3 is 9.14 Å². The van der Waals surface area contributed by atoms with Crippen LogP contribution in [0.15, 0.2) is 54.7 Å². The zero-order chi connectivity index (χ0) is 16.4. The van der Waals surface area contributed by atoms with Crippen LogP contribution in [-0.4, -0.2) is 23.3 Å². The van der Waals surface area contributed by atoms with Gasteiger partial charge in [-0.25, -0.2) is 4.79 Å². The minimum atomic E-state index is -0.461. The number of ketones is 1. The zero-order valence-corrected chi connectivity index (χ0v) is 12.3. The number of pyridine rings is 1. The van der Waals surface area contributed by atoms with Gasteiger partial charge in [0.05, 0.1) is 30.0 Å². The largest absolute Gasteiger partial charge is 0.465 e. The summed E-state index contributed by atoms with van der Waals surface area (Å²) in [5.74, 6) is -0.645. The zero-order valence-electron chi connectivity index (χ0n) is 12.3. The van der Waals surface area contributed by atoms with Crippen LogP contribution in [0.4, 0.5) is 0 Å². The van der Waals surface area contributed by atoms with E-state index in [1.165, 1.54) is 7.11 Å². The molecule has 0 spiro atoms. The number of benzene rings is 1. The number of methoxy groups -OCH3 is 1. The first-order valence-electron chi connectivity index (χ1n) is 6.88. The lowest BCUT2D eigenvalue weighted by atomic mass is 10.1. The molecular formula is C18H12N2O3. The number of hydrogen-bond donors (Lipinski definition) is 0. The molecule has 0 aliphatic heterocycles. The van der Waals surface area contributed by atoms with Crippen molar-refractivity contribution >= 4 is 17.3 Å². The highest BCUT2D eigenvalue weighted by Crippen LogP contribution is 2.17. The lowest BCUT2D eigenvalue weighted by Crippen LogP contribution is -2.08. The predicted molar refractivity (Wildman–Crippen MR) is 83.3 cm³/mol. The molecule has 5 heteroatoms. The molecule has 0 unspecified atom stereocenters. The average molecular weight is 304 g/mol. The number of hydrogen-bond acceptors (Lipinski definition) is 4. The van der Waals surface area contributed by atoms with Gasteiger partial charge in [-0.2, -0.15) is 5.26 Å². The van der Waals surface area contributed by atoms with Crippen molar-refractivity contribution in [2.45, 2.75) is 0 Å². The molecule has 3 aromatic rings. The van der Waals surface area contributed by atoms with Crippen molar-refractivity contribution in [3.63, 3.8) is 0 Å². The van der Waals surface area contributed by atoms with Crippen molar-refractivity contribution in [3.05, 3.63) is 77.1 Å². The van der Waals surface area contributed by atoms with E-state index in [9.17, 15) is 9.59 Å². The summed E-state index contributed by atoms with van der Waals surface area (Å²) < 4.78 is 6.36. The van der Waals surface area contributed by atoms with Gasteiger partial charge in [-0.15, -0.1) is 0 Å². The molecule has 0 saturated carbocycles. The van der Waals surface area contributed by atoms with Crippen molar-refractivity contribution in [2.75, 3.05) is 7.11 Å². The number of carbonyl (C=O) groups excluding carboxylic acids is 2. The van der Waals surface area contributed by atoms with Gasteiger partial charge in [0.15, 0.2) is 0 Å². The third-order valence-electron chi connectivity index (χ3n) is 3.58. The van der Waals surface area contributed by atoms with Gasteiger partial charge in [-0.3, -0.25) is 4.79 Å². The molecule has 5 nitrogen and oxygen atoms in total. The van der Waals surface area contributed by atoms with Gasteiger partial charge in [0.2, 0.25) is 5.78 Å². The smallest absolute Gasteiger partial charge is 0.339 e. The standard InChI is InChI=1S/C18H12N2O3/c1-23-18(22)14-6-7-15-8-9-16(20(15)11-14)17(21)13-4-2-12(10-19)3-5-13/h2-9,11H,1H3. The maximum Gasteiger partial charge on any atom is 0.339 e. The van der Waals surface area contributed by atoms with Crippen LogP contribution in [0.2, 0.25) is 0 Å². The van der Waals surface area contributed by atoms with Crippen LogP contribution in [0, 0.1) is 11.3 Å². The number of rotatable bonds is 3. The van der Waals surface area contributed by atoms with E-state index >= 15 is 0 Å². The van der Waals surface area contributed by atoms with Crippen LogP contribution in [0.25, 0.3) is 5.52 Å². The Morgan fingerprint density at radius 2 is 1.65 bits per heavy atom. The Morgan fingerprint density at radius 1 is 1.00 bits per heavy atom. The monoisotopic (exact) mass is 304 g/mol. The Labute approximate surface area is 132 Å². The Balaban J connectivity index is 2.06. The van der Waals surface area contributed by atoms with Gasteiger partial charge in [-0.05, 0) is 48.5 Å². The van der Waals surface area contributed by atoms with E-state index < -0.39 is 5.97 Å². The summed E-state index contributed by atoms with van der Waals surface area (Å²) >= 11 is 0. The third kappa shape index (κ3) is 2.58. The molecule has 0 amide bonds. The van der Waals surface area contributed by atoms with Gasteiger partial charge in [0, 0.05) is 17.3 Å². The second-order valence-electron chi connectivity index (χ2n) is 4.94. The van der Waals surface area contributed by atoms with E-state index in [0.29, 0.717) is 22.4 Å². The molecule has 112 valence electrons. The first-order chi connectivity index (χ1) is 11.1. The number of nitrogens with zero attached hydrogens (tertiary/aromatic N) is 2. The van der Waals surface area contributed by atoms with Crippen LogP contribution in [-0.2, 0) is 4.74 Å². The molecule has 0 fully saturated rings. The summed E-state index contributed by atoms with van der Waals surface area (Å²) in [4.78, 5) is 24.3. The molecule has 2 heterocycles. The number of ether oxygens (including phenoxy) is 1. The molecule has 0 N–H and O–H groups in total. The lowest BCUT2D eigenvalue weighted by molar-refractivity contribution is 0.0600. The SMILES string of the molecule is COC(=O)c1ccc2ccc(C(=O)c3ccc(C#N)cc3)n2c1. The van der Waals surface area contributed by atoms with Crippen LogP contribution in [0.5, 0.6) is 0 Å². The minimum Gasteiger partial charge on any atom is -0.465 e. The molecule has 0 atom stereocenters. The molecule has 0 aliphatic carbocycles. The Hall–Kier alpha value is -3.39. The highest BCUT2D eigenvalue weighted by molar-refractivity contribution is 6.08. The number of esters is 1. The predicted octanol–water partition coefficient (Wildman–Crippen LogP) is 2.83. The van der Waals surface area contributed by atoms with Crippen molar-refractivity contribution in [1.29, 1.82) is 5.26 Å². The maximum absolute atomic E-state index is 12.7. The van der Waals surface area contributed by atoms with Gasteiger partial charge >= 0.3 is 5.97 Å². The van der Waals surface area contributed by atoms with Crippen LogP contribution < -0.4 is 0 Å². The molecule has 3 rings (SSSR count). The average Bonchev–Trinajstić information content (AvgIpc) is 3.03. The fourth-order valence-electron chi connectivity index (χ4n) is 2.37. The van der Waals surface area contributed by atoms with Crippen molar-refractivity contribution < 1.29 is 14.3 Å². The lowest BCUT2D eigenvalue weighted by Gasteiger charge is -2.05. The second kappa shape index (κ2) is 5.78. The van der Waals surface area contributed by atoms with E-state index in [1.54, 1.807) is 59.1 Å². The van der Waals surface area contributed by atoms with E-state index in [-0.39, 0.29) is 5.78 Å². The Bertz CT molecular complexity index is 947. The third-order valence-corrected chi connectivity index (χ3v) is 3.58. The van der Waals surface area contributed by atoms with Crippen molar-refractivity contribution in [3.8, 4) is 6.07 Å². The number of nitriles is 1. The first-order valence-corrected chi connectivity index (χ1v) is 6.88. The quantitative estimate of drug-likeness (QED) is 0.551. The molecule has 0 aliphatic rings. The molecular weight excluding hydrogens is 292 g/mol. The number of fused-ring (bicyclic) bond motifs is 1. The highest BCUT2D eigenvalue weighted by Gasteiger charge is 2.15. The molecule has 23 heavy (non-hydrogen) atoms.